The summed E-state index contributed by atoms with van der Waals surface area (Å²) in [7, 11) is 0. The number of anilines is 2. The van der Waals surface area contributed by atoms with Crippen LogP contribution < -0.4 is 11.5 Å². The summed E-state index contributed by atoms with van der Waals surface area (Å²) in [5, 5.41) is 0. The van der Waals surface area contributed by atoms with Crippen LogP contribution in [-0.4, -0.2) is 14.4 Å². The summed E-state index contributed by atoms with van der Waals surface area (Å²) < 4.78 is 1.73. The maximum absolute atomic E-state index is 5.44. The molecule has 2 heterocycles. The van der Waals surface area contributed by atoms with Crippen LogP contribution in [0.3, 0.4) is 0 Å². The monoisotopic (exact) mass is 149 g/mol. The van der Waals surface area contributed by atoms with Crippen LogP contribution in [0.1, 0.15) is 0 Å². The molecule has 5 heteroatoms. The van der Waals surface area contributed by atoms with E-state index in [-0.39, 0.29) is 0 Å². The van der Waals surface area contributed by atoms with Gasteiger partial charge in [-0.15, -0.1) is 0 Å². The first-order valence-electron chi connectivity index (χ1n) is 3.11. The molecule has 0 fully saturated rings. The summed E-state index contributed by atoms with van der Waals surface area (Å²) in [6, 6.07) is 0. The molecule has 2 aromatic heterocycles. The zero-order valence-corrected chi connectivity index (χ0v) is 5.73. The maximum atomic E-state index is 5.44. The Morgan fingerprint density at radius 1 is 1.18 bits per heavy atom. The molecule has 0 aliphatic rings. The van der Waals surface area contributed by atoms with Gasteiger partial charge in [0.2, 0.25) is 0 Å². The Morgan fingerprint density at radius 3 is 2.73 bits per heavy atom. The molecule has 0 saturated heterocycles. The summed E-state index contributed by atoms with van der Waals surface area (Å²) in [6.45, 7) is 0. The number of imidazole rings is 1. The minimum Gasteiger partial charge on any atom is -0.382 e. The number of aromatic nitrogens is 3. The smallest absolute Gasteiger partial charge is 0.157 e. The van der Waals surface area contributed by atoms with Gasteiger partial charge < -0.3 is 11.5 Å². The Labute approximate surface area is 62.7 Å². The second kappa shape index (κ2) is 1.85. The molecule has 0 saturated carbocycles. The molecule has 0 bridgehead atoms. The maximum Gasteiger partial charge on any atom is 0.157 e. The zero-order valence-electron chi connectivity index (χ0n) is 5.73. The predicted octanol–water partition coefficient (Wildman–Crippen LogP) is -0.106. The summed E-state index contributed by atoms with van der Waals surface area (Å²) in [6.07, 6.45) is 4.93. The lowest BCUT2D eigenvalue weighted by Gasteiger charge is -1.92. The third kappa shape index (κ3) is 0.861. The summed E-state index contributed by atoms with van der Waals surface area (Å²) in [4.78, 5) is 7.84. The molecule has 5 nitrogen and oxygen atoms in total. The van der Waals surface area contributed by atoms with E-state index in [1.807, 2.05) is 0 Å². The lowest BCUT2D eigenvalue weighted by Crippen LogP contribution is -1.92. The van der Waals surface area contributed by atoms with Crippen molar-refractivity contribution in [3.8, 4) is 0 Å². The van der Waals surface area contributed by atoms with Gasteiger partial charge in [-0.1, -0.05) is 0 Å². The van der Waals surface area contributed by atoms with E-state index >= 15 is 0 Å². The molecule has 2 aromatic rings. The molecule has 0 aliphatic heterocycles. The molecule has 2 rings (SSSR count). The quantitative estimate of drug-likeness (QED) is 0.547. The lowest BCUT2D eigenvalue weighted by molar-refractivity contribution is 1.14. The molecule has 0 atom stereocenters. The van der Waals surface area contributed by atoms with Crippen LogP contribution in [0.5, 0.6) is 0 Å². The van der Waals surface area contributed by atoms with Crippen molar-refractivity contribution in [3.63, 3.8) is 0 Å². The van der Waals surface area contributed by atoms with Gasteiger partial charge in [0.15, 0.2) is 5.65 Å². The van der Waals surface area contributed by atoms with Crippen LogP contribution in [0.2, 0.25) is 0 Å². The second-order valence-corrected chi connectivity index (χ2v) is 2.24. The van der Waals surface area contributed by atoms with Crippen LogP contribution in [0, 0.1) is 0 Å². The van der Waals surface area contributed by atoms with Crippen LogP contribution >= 0.6 is 0 Å². The fraction of sp³-hybridized carbons (Fsp3) is 0. The lowest BCUT2D eigenvalue weighted by atomic mass is 10.6. The number of hydrogen-bond donors (Lipinski definition) is 2. The fourth-order valence-electron chi connectivity index (χ4n) is 0.935. The number of nitrogens with two attached hydrogens (primary N) is 2. The Kier molecular flexibility index (Phi) is 1.00. The topological polar surface area (TPSA) is 82.2 Å². The molecule has 4 N–H and O–H groups in total. The first kappa shape index (κ1) is 5.96. The Bertz CT molecular complexity index is 391. The molecule has 56 valence electrons. The van der Waals surface area contributed by atoms with Gasteiger partial charge in [-0.25, -0.2) is 9.97 Å². The van der Waals surface area contributed by atoms with E-state index in [9.17, 15) is 0 Å². The van der Waals surface area contributed by atoms with Crippen molar-refractivity contribution in [3.05, 3.63) is 18.6 Å². The summed E-state index contributed by atoms with van der Waals surface area (Å²) in [5.74, 6) is 0.923. The van der Waals surface area contributed by atoms with Crippen LogP contribution in [0.15, 0.2) is 18.6 Å². The van der Waals surface area contributed by atoms with Crippen molar-refractivity contribution >= 4 is 17.3 Å². The zero-order chi connectivity index (χ0) is 7.84. The number of hydrogen-bond acceptors (Lipinski definition) is 4. The van der Waals surface area contributed by atoms with Crippen molar-refractivity contribution in [2.24, 2.45) is 0 Å². The third-order valence-electron chi connectivity index (χ3n) is 1.38. The van der Waals surface area contributed by atoms with Gasteiger partial charge >= 0.3 is 0 Å². The van der Waals surface area contributed by atoms with Crippen LogP contribution in [0.25, 0.3) is 5.65 Å². The minimum atomic E-state index is 0.454. The number of nitrogens with zero attached hydrogens (tertiary/aromatic N) is 3. The van der Waals surface area contributed by atoms with Gasteiger partial charge in [0.05, 0.1) is 18.6 Å². The third-order valence-corrected chi connectivity index (χ3v) is 1.38. The normalized spacial score (nSPS) is 10.5. The fourth-order valence-corrected chi connectivity index (χ4v) is 0.935. The highest BCUT2D eigenvalue weighted by atomic mass is 15.1. The molecule has 11 heavy (non-hydrogen) atoms. The molecular weight excluding hydrogens is 142 g/mol. The van der Waals surface area contributed by atoms with E-state index in [4.69, 9.17) is 11.5 Å². The van der Waals surface area contributed by atoms with Crippen LogP contribution in [0.4, 0.5) is 11.6 Å². The minimum absolute atomic E-state index is 0.454. The predicted molar refractivity (Wildman–Crippen MR) is 41.8 cm³/mol. The molecule has 0 aromatic carbocycles. The van der Waals surface area contributed by atoms with Gasteiger partial charge in [0, 0.05) is 0 Å². The second-order valence-electron chi connectivity index (χ2n) is 2.24. The van der Waals surface area contributed by atoms with Gasteiger partial charge in [0.25, 0.3) is 0 Å². The van der Waals surface area contributed by atoms with E-state index < -0.39 is 0 Å². The SMILES string of the molecule is Nc1cn2cc(N)nc2cn1. The van der Waals surface area contributed by atoms with Crippen molar-refractivity contribution in [2.75, 3.05) is 11.5 Å². The average Bonchev–Trinajstić information content (AvgIpc) is 2.27. The molecular formula is C6H7N5. The van der Waals surface area contributed by atoms with Gasteiger partial charge in [-0.05, 0) is 0 Å². The highest BCUT2D eigenvalue weighted by Crippen LogP contribution is 2.06. The average molecular weight is 149 g/mol. The standard InChI is InChI=1S/C6H7N5/c7-4-2-11-3-5(8)10-6(11)1-9-4/h1-3H,7-8H2. The molecule has 0 aliphatic carbocycles. The Hall–Kier alpha value is -1.78. The molecule has 0 amide bonds. The number of fused-ring (bicyclic) bond motifs is 1. The van der Waals surface area contributed by atoms with Crippen molar-refractivity contribution in [1.29, 1.82) is 0 Å². The van der Waals surface area contributed by atoms with Gasteiger partial charge in [-0.3, -0.25) is 4.40 Å². The molecule has 0 unspecified atom stereocenters. The van der Waals surface area contributed by atoms with E-state index in [1.165, 1.54) is 0 Å². The number of nitrogen functional groups attached to an aromatic ring is 2. The van der Waals surface area contributed by atoms with E-state index in [0.717, 1.165) is 0 Å². The first-order chi connectivity index (χ1) is 5.25. The van der Waals surface area contributed by atoms with Crippen molar-refractivity contribution < 1.29 is 0 Å². The Morgan fingerprint density at radius 2 is 1.91 bits per heavy atom. The largest absolute Gasteiger partial charge is 0.382 e. The van der Waals surface area contributed by atoms with Crippen molar-refractivity contribution in [1.82, 2.24) is 14.4 Å². The first-order valence-corrected chi connectivity index (χ1v) is 3.11. The summed E-state index contributed by atoms with van der Waals surface area (Å²) >= 11 is 0. The highest BCUT2D eigenvalue weighted by Gasteiger charge is 1.96. The molecule has 0 spiro atoms. The summed E-state index contributed by atoms with van der Waals surface area (Å²) in [5.41, 5.74) is 11.6. The van der Waals surface area contributed by atoms with Gasteiger partial charge in [-0.2, -0.15) is 0 Å². The number of rotatable bonds is 0. The van der Waals surface area contributed by atoms with E-state index in [2.05, 4.69) is 9.97 Å². The van der Waals surface area contributed by atoms with Crippen molar-refractivity contribution in [2.45, 2.75) is 0 Å². The van der Waals surface area contributed by atoms with Crippen LogP contribution in [-0.2, 0) is 0 Å². The van der Waals surface area contributed by atoms with Gasteiger partial charge in [0.1, 0.15) is 11.6 Å². The van der Waals surface area contributed by atoms with E-state index in [0.29, 0.717) is 17.3 Å². The highest BCUT2D eigenvalue weighted by molar-refractivity contribution is 5.47. The molecule has 0 radical (unpaired) electrons. The Balaban J connectivity index is 2.82. The van der Waals surface area contributed by atoms with E-state index in [1.54, 1.807) is 23.0 Å².